The van der Waals surface area contributed by atoms with Gasteiger partial charge in [0.05, 0.1) is 22.8 Å². The minimum atomic E-state index is -0.588. The van der Waals surface area contributed by atoms with Crippen LogP contribution in [-0.4, -0.2) is 53.3 Å². The zero-order chi connectivity index (χ0) is 21.8. The van der Waals surface area contributed by atoms with Gasteiger partial charge in [0.25, 0.3) is 0 Å². The van der Waals surface area contributed by atoms with Gasteiger partial charge in [-0.15, -0.1) is 11.3 Å². The van der Waals surface area contributed by atoms with Crippen LogP contribution < -0.4 is 5.73 Å². The number of aromatic nitrogens is 1. The Kier molecular flexibility index (Phi) is 7.38. The molecule has 1 fully saturated rings. The van der Waals surface area contributed by atoms with Crippen LogP contribution >= 0.6 is 34.5 Å². The summed E-state index contributed by atoms with van der Waals surface area (Å²) in [5.74, 6) is 0. The van der Waals surface area contributed by atoms with Crippen LogP contribution in [0.25, 0.3) is 10.4 Å². The van der Waals surface area contributed by atoms with E-state index in [4.69, 9.17) is 28.9 Å². The highest BCUT2D eigenvalue weighted by molar-refractivity contribution is 7.15. The molecule has 1 aliphatic heterocycles. The van der Waals surface area contributed by atoms with Crippen LogP contribution in [0.1, 0.15) is 16.6 Å². The number of carbonyl (C=O) groups is 1. The Balaban J connectivity index is 1.49. The van der Waals surface area contributed by atoms with Gasteiger partial charge >= 0.3 is 0 Å². The van der Waals surface area contributed by atoms with Gasteiger partial charge in [0.2, 0.25) is 0 Å². The molecule has 3 heterocycles. The lowest BCUT2D eigenvalue weighted by Crippen LogP contribution is -2.51. The zero-order valence-corrected chi connectivity index (χ0v) is 19.3. The lowest BCUT2D eigenvalue weighted by atomic mass is 10.1. The molecule has 2 atom stereocenters. The second-order valence-electron chi connectivity index (χ2n) is 7.62. The molecule has 0 bridgehead atoms. The molecule has 8 heteroatoms. The van der Waals surface area contributed by atoms with Gasteiger partial charge in [-0.2, -0.15) is 0 Å². The first kappa shape index (κ1) is 22.4. The average molecular weight is 475 g/mol. The fraction of sp³-hybridized carbons (Fsp3) is 0.304. The third-order valence-corrected chi connectivity index (χ3v) is 7.29. The Bertz CT molecular complexity index is 1020. The van der Waals surface area contributed by atoms with Gasteiger partial charge in [0.15, 0.2) is 0 Å². The molecule has 5 nitrogen and oxygen atoms in total. The molecule has 3 aromatic rings. The summed E-state index contributed by atoms with van der Waals surface area (Å²) in [5, 5.41) is 1.22. The number of hydrogen-bond acceptors (Lipinski definition) is 6. The van der Waals surface area contributed by atoms with E-state index in [0.29, 0.717) is 10.0 Å². The lowest BCUT2D eigenvalue weighted by Gasteiger charge is -2.40. The minimum Gasteiger partial charge on any atom is -0.320 e. The summed E-state index contributed by atoms with van der Waals surface area (Å²) < 4.78 is 0. The van der Waals surface area contributed by atoms with E-state index in [0.717, 1.165) is 60.0 Å². The number of thiophene rings is 1. The largest absolute Gasteiger partial charge is 0.320 e. The molecule has 0 aliphatic carbocycles. The SMILES string of the molecule is NC(C=O)C(c1ccc(-c2ccc(Cl)cc2Cl)s1)N1CCN(Cc2ccccn2)CC1. The highest BCUT2D eigenvalue weighted by Crippen LogP contribution is 2.38. The third-order valence-electron chi connectivity index (χ3n) is 5.55. The first-order valence-corrected chi connectivity index (χ1v) is 11.7. The van der Waals surface area contributed by atoms with Crippen molar-refractivity contribution in [2.45, 2.75) is 18.6 Å². The first-order chi connectivity index (χ1) is 15.0. The molecule has 162 valence electrons. The standard InChI is InChI=1S/C23H24Cl2N4OS/c24-16-4-5-18(19(25)13-16)21-6-7-22(31-21)23(20(26)15-30)29-11-9-28(10-12-29)14-17-3-1-2-8-27-17/h1-8,13,15,20,23H,9-12,14,26H2. The van der Waals surface area contributed by atoms with E-state index in [2.05, 4.69) is 20.9 Å². The number of nitrogens with two attached hydrogens (primary N) is 1. The van der Waals surface area contributed by atoms with Crippen molar-refractivity contribution in [3.63, 3.8) is 0 Å². The predicted molar refractivity (Wildman–Crippen MR) is 128 cm³/mol. The first-order valence-electron chi connectivity index (χ1n) is 10.2. The number of carbonyl (C=O) groups excluding carboxylic acids is 1. The Morgan fingerprint density at radius 3 is 2.58 bits per heavy atom. The van der Waals surface area contributed by atoms with Gasteiger partial charge in [-0.05, 0) is 36.4 Å². The van der Waals surface area contributed by atoms with Gasteiger partial charge < -0.3 is 10.5 Å². The minimum absolute atomic E-state index is 0.153. The molecule has 1 aromatic carbocycles. The molecular weight excluding hydrogens is 451 g/mol. The van der Waals surface area contributed by atoms with E-state index in [9.17, 15) is 4.79 Å². The van der Waals surface area contributed by atoms with Crippen LogP contribution in [0.3, 0.4) is 0 Å². The molecule has 2 unspecified atom stereocenters. The molecule has 2 aromatic heterocycles. The summed E-state index contributed by atoms with van der Waals surface area (Å²) in [7, 11) is 0. The van der Waals surface area contributed by atoms with E-state index in [1.54, 1.807) is 17.4 Å². The average Bonchev–Trinajstić information content (AvgIpc) is 3.25. The highest BCUT2D eigenvalue weighted by Gasteiger charge is 2.31. The van der Waals surface area contributed by atoms with Crippen molar-refractivity contribution in [2.75, 3.05) is 26.2 Å². The van der Waals surface area contributed by atoms with Crippen molar-refractivity contribution >= 4 is 40.8 Å². The van der Waals surface area contributed by atoms with Crippen LogP contribution in [0.15, 0.2) is 54.7 Å². The molecular formula is C23H24Cl2N4OS. The third kappa shape index (κ3) is 5.34. The molecule has 2 N–H and O–H groups in total. The quantitative estimate of drug-likeness (QED) is 0.510. The molecule has 1 aliphatic rings. The van der Waals surface area contributed by atoms with Crippen LogP contribution in [0.2, 0.25) is 10.0 Å². The summed E-state index contributed by atoms with van der Waals surface area (Å²) in [6.45, 7) is 4.32. The van der Waals surface area contributed by atoms with Crippen molar-refractivity contribution in [1.29, 1.82) is 0 Å². The number of halogens is 2. The topological polar surface area (TPSA) is 62.5 Å². The van der Waals surface area contributed by atoms with E-state index in [-0.39, 0.29) is 6.04 Å². The van der Waals surface area contributed by atoms with Crippen molar-refractivity contribution in [3.8, 4) is 10.4 Å². The monoisotopic (exact) mass is 474 g/mol. The second kappa shape index (κ2) is 10.2. The number of nitrogens with zero attached hydrogens (tertiary/aromatic N) is 3. The fourth-order valence-electron chi connectivity index (χ4n) is 3.95. The van der Waals surface area contributed by atoms with Crippen molar-refractivity contribution in [3.05, 3.63) is 75.3 Å². The van der Waals surface area contributed by atoms with Gasteiger partial charge in [0.1, 0.15) is 6.29 Å². The maximum absolute atomic E-state index is 11.6. The van der Waals surface area contributed by atoms with Gasteiger partial charge in [-0.1, -0.05) is 35.3 Å². The number of rotatable bonds is 7. The van der Waals surface area contributed by atoms with Crippen LogP contribution in [0, 0.1) is 0 Å². The number of piperazine rings is 1. The zero-order valence-electron chi connectivity index (χ0n) is 17.0. The van der Waals surface area contributed by atoms with Crippen LogP contribution in [-0.2, 0) is 11.3 Å². The van der Waals surface area contributed by atoms with Crippen LogP contribution in [0.5, 0.6) is 0 Å². The Hall–Kier alpha value is -1.80. The summed E-state index contributed by atoms with van der Waals surface area (Å²) >= 11 is 14.1. The van der Waals surface area contributed by atoms with E-state index >= 15 is 0 Å². The number of pyridine rings is 1. The molecule has 0 radical (unpaired) electrons. The summed E-state index contributed by atoms with van der Waals surface area (Å²) in [6.07, 6.45) is 2.67. The molecule has 0 saturated carbocycles. The molecule has 0 amide bonds. The van der Waals surface area contributed by atoms with Crippen molar-refractivity contribution < 1.29 is 4.79 Å². The van der Waals surface area contributed by atoms with Crippen LogP contribution in [0.4, 0.5) is 0 Å². The van der Waals surface area contributed by atoms with Crippen molar-refractivity contribution in [2.24, 2.45) is 5.73 Å². The van der Waals surface area contributed by atoms with E-state index in [1.807, 2.05) is 42.6 Å². The summed E-state index contributed by atoms with van der Waals surface area (Å²) in [4.78, 5) is 22.9. The molecule has 1 saturated heterocycles. The van der Waals surface area contributed by atoms with E-state index in [1.165, 1.54) is 0 Å². The molecule has 31 heavy (non-hydrogen) atoms. The lowest BCUT2D eigenvalue weighted by molar-refractivity contribution is -0.110. The Morgan fingerprint density at radius 2 is 1.90 bits per heavy atom. The van der Waals surface area contributed by atoms with Gasteiger partial charge in [-0.25, -0.2) is 0 Å². The van der Waals surface area contributed by atoms with Crippen molar-refractivity contribution in [1.82, 2.24) is 14.8 Å². The second-order valence-corrected chi connectivity index (χ2v) is 9.58. The molecule has 0 spiro atoms. The Labute approximate surface area is 196 Å². The number of hydrogen-bond donors (Lipinski definition) is 1. The smallest absolute Gasteiger partial charge is 0.138 e. The molecule has 4 rings (SSSR count). The summed E-state index contributed by atoms with van der Waals surface area (Å²) in [5.41, 5.74) is 8.27. The van der Waals surface area contributed by atoms with Gasteiger partial charge in [0, 0.05) is 59.3 Å². The Morgan fingerprint density at radius 1 is 1.10 bits per heavy atom. The predicted octanol–water partition coefficient (Wildman–Crippen LogP) is 4.50. The van der Waals surface area contributed by atoms with Gasteiger partial charge in [-0.3, -0.25) is 14.8 Å². The summed E-state index contributed by atoms with van der Waals surface area (Å²) in [6, 6.07) is 14.8. The maximum atomic E-state index is 11.6. The number of aldehydes is 1. The normalized spacial score (nSPS) is 17.4. The number of benzene rings is 1. The maximum Gasteiger partial charge on any atom is 0.138 e. The highest BCUT2D eigenvalue weighted by atomic mass is 35.5. The fourth-order valence-corrected chi connectivity index (χ4v) is 5.76. The van der Waals surface area contributed by atoms with E-state index < -0.39 is 6.04 Å².